The van der Waals surface area contributed by atoms with Crippen molar-refractivity contribution in [1.29, 1.82) is 0 Å². The first kappa shape index (κ1) is 25.5. The maximum atomic E-state index is 14.5. The summed E-state index contributed by atoms with van der Waals surface area (Å²) in [5.74, 6) is 0.103. The maximum absolute atomic E-state index is 14.5. The third-order valence-electron chi connectivity index (χ3n) is 5.46. The van der Waals surface area contributed by atoms with Crippen LogP contribution >= 0.6 is 11.8 Å². The van der Waals surface area contributed by atoms with E-state index in [9.17, 15) is 14.0 Å². The van der Waals surface area contributed by atoms with Crippen molar-refractivity contribution in [1.82, 2.24) is 10.2 Å². The number of hydrogen-bond donors (Lipinski definition) is 1. The van der Waals surface area contributed by atoms with Crippen molar-refractivity contribution in [2.24, 2.45) is 0 Å². The van der Waals surface area contributed by atoms with Crippen LogP contribution in [0.3, 0.4) is 0 Å². The van der Waals surface area contributed by atoms with Crippen LogP contribution in [0.25, 0.3) is 0 Å². The minimum Gasteiger partial charge on any atom is -0.354 e. The van der Waals surface area contributed by atoms with Gasteiger partial charge in [-0.2, -0.15) is 0 Å². The van der Waals surface area contributed by atoms with Gasteiger partial charge in [0.15, 0.2) is 0 Å². The molecular weight excluding hydrogens is 447 g/mol. The molecule has 0 heterocycles. The molecule has 3 aromatic rings. The van der Waals surface area contributed by atoms with Crippen molar-refractivity contribution in [3.8, 4) is 0 Å². The number of carbonyl (C=O) groups is 2. The van der Waals surface area contributed by atoms with Gasteiger partial charge in [0.05, 0.1) is 5.75 Å². The third kappa shape index (κ3) is 7.73. The summed E-state index contributed by atoms with van der Waals surface area (Å²) < 4.78 is 14.5. The molecule has 0 fully saturated rings. The number of rotatable bonds is 12. The summed E-state index contributed by atoms with van der Waals surface area (Å²) >= 11 is 1.49. The van der Waals surface area contributed by atoms with Crippen LogP contribution < -0.4 is 5.32 Å². The second-order valence-electron chi connectivity index (χ2n) is 8.09. The normalized spacial score (nSPS) is 11.6. The molecule has 0 aromatic heterocycles. The Kier molecular flexibility index (Phi) is 10.2. The highest BCUT2D eigenvalue weighted by Gasteiger charge is 2.30. The predicted molar refractivity (Wildman–Crippen MR) is 137 cm³/mol. The number of thioether (sulfide) groups is 1. The van der Waals surface area contributed by atoms with Crippen LogP contribution in [0.4, 0.5) is 4.39 Å². The van der Waals surface area contributed by atoms with E-state index in [0.29, 0.717) is 24.3 Å². The van der Waals surface area contributed by atoms with Crippen LogP contribution in [0.2, 0.25) is 0 Å². The molecule has 4 nitrogen and oxygen atoms in total. The van der Waals surface area contributed by atoms with E-state index in [1.807, 2.05) is 67.6 Å². The largest absolute Gasteiger partial charge is 0.354 e. The molecule has 0 bridgehead atoms. The number of amides is 2. The SMILES string of the molecule is CCCNC(=O)[C@H](Cc1ccccc1)N(Cc1ccccc1F)C(=O)CSCc1ccccc1. The third-order valence-corrected chi connectivity index (χ3v) is 6.44. The Morgan fingerprint density at radius 3 is 2.18 bits per heavy atom. The van der Waals surface area contributed by atoms with E-state index >= 15 is 0 Å². The highest BCUT2D eigenvalue weighted by atomic mass is 32.2. The molecule has 0 spiro atoms. The fourth-order valence-corrected chi connectivity index (χ4v) is 4.51. The van der Waals surface area contributed by atoms with E-state index in [1.165, 1.54) is 22.7 Å². The Hall–Kier alpha value is -3.12. The van der Waals surface area contributed by atoms with Crippen LogP contribution in [0.15, 0.2) is 84.9 Å². The molecule has 2 amide bonds. The Balaban J connectivity index is 1.84. The zero-order valence-electron chi connectivity index (χ0n) is 19.5. The summed E-state index contributed by atoms with van der Waals surface area (Å²) in [6, 6.07) is 25.2. The molecular formula is C28H31FN2O2S. The molecule has 1 atom stereocenters. The average Bonchev–Trinajstić information content (AvgIpc) is 2.87. The Morgan fingerprint density at radius 2 is 1.53 bits per heavy atom. The van der Waals surface area contributed by atoms with Gasteiger partial charge in [0.2, 0.25) is 11.8 Å². The number of benzene rings is 3. The van der Waals surface area contributed by atoms with E-state index in [4.69, 9.17) is 0 Å². The summed E-state index contributed by atoms with van der Waals surface area (Å²) in [5, 5.41) is 2.94. The van der Waals surface area contributed by atoms with Gasteiger partial charge in [-0.1, -0.05) is 85.8 Å². The number of halogens is 1. The van der Waals surface area contributed by atoms with Gasteiger partial charge in [-0.15, -0.1) is 11.8 Å². The molecule has 178 valence electrons. The summed E-state index contributed by atoms with van der Waals surface area (Å²) in [6.45, 7) is 2.54. The first-order chi connectivity index (χ1) is 16.6. The summed E-state index contributed by atoms with van der Waals surface area (Å²) in [4.78, 5) is 28.2. The Labute approximate surface area is 205 Å². The molecule has 0 aliphatic rings. The monoisotopic (exact) mass is 478 g/mol. The average molecular weight is 479 g/mol. The topological polar surface area (TPSA) is 49.4 Å². The van der Waals surface area contributed by atoms with Gasteiger partial charge in [-0.05, 0) is 23.6 Å². The number of carbonyl (C=O) groups excluding carboxylic acids is 2. The standard InChI is InChI=1S/C28H31FN2O2S/c1-2-17-30-28(33)26(18-22-11-5-3-6-12-22)31(19-24-15-9-10-16-25(24)29)27(32)21-34-20-23-13-7-4-8-14-23/h3-16,26H,2,17-21H2,1H3,(H,30,33)/t26-/m0/s1. The summed E-state index contributed by atoms with van der Waals surface area (Å²) in [7, 11) is 0. The number of nitrogens with zero attached hydrogens (tertiary/aromatic N) is 1. The van der Waals surface area contributed by atoms with Crippen molar-refractivity contribution in [3.05, 3.63) is 107 Å². The molecule has 1 N–H and O–H groups in total. The first-order valence-corrected chi connectivity index (χ1v) is 12.7. The lowest BCUT2D eigenvalue weighted by atomic mass is 10.0. The fourth-order valence-electron chi connectivity index (χ4n) is 3.64. The predicted octanol–water partition coefficient (Wildman–Crippen LogP) is 5.23. The van der Waals surface area contributed by atoms with Crippen LogP contribution in [0.1, 0.15) is 30.0 Å². The van der Waals surface area contributed by atoms with Gasteiger partial charge in [0, 0.05) is 30.8 Å². The zero-order valence-corrected chi connectivity index (χ0v) is 20.3. The molecule has 0 saturated carbocycles. The Bertz CT molecular complexity index is 1050. The minimum atomic E-state index is -0.738. The van der Waals surface area contributed by atoms with Crippen LogP contribution in [-0.4, -0.2) is 35.1 Å². The molecule has 34 heavy (non-hydrogen) atoms. The molecule has 0 unspecified atom stereocenters. The van der Waals surface area contributed by atoms with E-state index in [0.717, 1.165) is 17.5 Å². The smallest absolute Gasteiger partial charge is 0.243 e. The van der Waals surface area contributed by atoms with Crippen LogP contribution in [-0.2, 0) is 28.3 Å². The van der Waals surface area contributed by atoms with E-state index in [1.54, 1.807) is 18.2 Å². The molecule has 0 saturated heterocycles. The molecule has 0 aliphatic carbocycles. The van der Waals surface area contributed by atoms with E-state index in [-0.39, 0.29) is 29.9 Å². The maximum Gasteiger partial charge on any atom is 0.243 e. The second kappa shape index (κ2) is 13.6. The number of nitrogens with one attached hydrogen (secondary N) is 1. The van der Waals surface area contributed by atoms with E-state index < -0.39 is 6.04 Å². The van der Waals surface area contributed by atoms with Gasteiger partial charge in [0.1, 0.15) is 11.9 Å². The number of hydrogen-bond acceptors (Lipinski definition) is 3. The lowest BCUT2D eigenvalue weighted by molar-refractivity contribution is -0.139. The van der Waals surface area contributed by atoms with Crippen molar-refractivity contribution in [2.45, 2.75) is 38.1 Å². The highest BCUT2D eigenvalue weighted by molar-refractivity contribution is 7.99. The molecule has 6 heteroatoms. The van der Waals surface area contributed by atoms with Crippen LogP contribution in [0, 0.1) is 5.82 Å². The zero-order chi connectivity index (χ0) is 24.2. The summed E-state index contributed by atoms with van der Waals surface area (Å²) in [5.41, 5.74) is 2.47. The van der Waals surface area contributed by atoms with Crippen molar-refractivity contribution in [3.63, 3.8) is 0 Å². The van der Waals surface area contributed by atoms with Gasteiger partial charge in [-0.25, -0.2) is 4.39 Å². The van der Waals surface area contributed by atoms with Gasteiger partial charge >= 0.3 is 0 Å². The van der Waals surface area contributed by atoms with Crippen molar-refractivity contribution in [2.75, 3.05) is 12.3 Å². The van der Waals surface area contributed by atoms with Crippen LogP contribution in [0.5, 0.6) is 0 Å². The molecule has 3 rings (SSSR count). The first-order valence-electron chi connectivity index (χ1n) is 11.5. The van der Waals surface area contributed by atoms with E-state index in [2.05, 4.69) is 5.32 Å². The van der Waals surface area contributed by atoms with Gasteiger partial charge < -0.3 is 10.2 Å². The fraction of sp³-hybridized carbons (Fsp3) is 0.286. The quantitative estimate of drug-likeness (QED) is 0.388. The van der Waals surface area contributed by atoms with Gasteiger partial charge in [0.25, 0.3) is 0 Å². The molecule has 3 aromatic carbocycles. The highest BCUT2D eigenvalue weighted by Crippen LogP contribution is 2.19. The molecule has 0 aliphatic heterocycles. The lowest BCUT2D eigenvalue weighted by Crippen LogP contribution is -2.51. The lowest BCUT2D eigenvalue weighted by Gasteiger charge is -2.31. The molecule has 0 radical (unpaired) electrons. The van der Waals surface area contributed by atoms with Gasteiger partial charge in [-0.3, -0.25) is 9.59 Å². The summed E-state index contributed by atoms with van der Waals surface area (Å²) in [6.07, 6.45) is 1.15. The van der Waals surface area contributed by atoms with Crippen molar-refractivity contribution < 1.29 is 14.0 Å². The van der Waals surface area contributed by atoms with Crippen molar-refractivity contribution >= 4 is 23.6 Å². The minimum absolute atomic E-state index is 0.0362. The second-order valence-corrected chi connectivity index (χ2v) is 9.07. The Morgan fingerprint density at radius 1 is 0.912 bits per heavy atom.